The zero-order valence-corrected chi connectivity index (χ0v) is 11.1. The molecule has 0 aromatic carbocycles. The minimum Gasteiger partial charge on any atom is -0.243 e. The van der Waals surface area contributed by atoms with Gasteiger partial charge >= 0.3 is 30.4 Å². The van der Waals surface area contributed by atoms with Crippen molar-refractivity contribution < 1.29 is 48.6 Å². The summed E-state index contributed by atoms with van der Waals surface area (Å²) < 4.78 is 131. The molecule has 0 bridgehead atoms. The summed E-state index contributed by atoms with van der Waals surface area (Å²) in [4.78, 5) is -2.78. The van der Waals surface area contributed by atoms with Crippen LogP contribution in [0, 0.1) is 0 Å². The monoisotopic (exact) mass is 435 g/mol. The van der Waals surface area contributed by atoms with Gasteiger partial charge in [0.15, 0.2) is 0 Å². The lowest BCUT2D eigenvalue weighted by molar-refractivity contribution is -0.585. The first kappa shape index (κ1) is 18.0. The van der Waals surface area contributed by atoms with E-state index >= 15 is 0 Å². The van der Waals surface area contributed by atoms with Gasteiger partial charge in [-0.15, -0.1) is 4.90 Å². The molecule has 0 atom stereocenters. The molecule has 13 heteroatoms. The van der Waals surface area contributed by atoms with Gasteiger partial charge in [0.1, 0.15) is 0 Å². The highest BCUT2D eigenvalue weighted by atomic mass is 127. The van der Waals surface area contributed by atoms with E-state index in [4.69, 9.17) is 0 Å². The van der Waals surface area contributed by atoms with Gasteiger partial charge in [0.2, 0.25) is 0 Å². The Morgan fingerprint density at radius 2 is 1.20 bits per heavy atom. The molecule has 0 unspecified atom stereocenters. The number of alkyl halides is 11. The van der Waals surface area contributed by atoms with Gasteiger partial charge in [-0.2, -0.15) is 43.9 Å². The lowest BCUT2D eigenvalue weighted by Crippen LogP contribution is -2.77. The Morgan fingerprint density at radius 3 is 1.50 bits per heavy atom. The van der Waals surface area contributed by atoms with Crippen LogP contribution in [-0.2, 0) is 4.74 Å². The standard InChI is InChI=1S/C7H4F10INO/c8-3(9,1-2-18)19-4(10,11)6(14,15)20-7(16,17)5(19,12)13/h1-2H2. The summed E-state index contributed by atoms with van der Waals surface area (Å²) in [5.41, 5.74) is 0. The number of morpholine rings is 1. The minimum absolute atomic E-state index is 0.731. The third-order valence-corrected chi connectivity index (χ3v) is 2.78. The predicted molar refractivity (Wildman–Crippen MR) is 51.2 cm³/mol. The Bertz CT molecular complexity index is 360. The number of hydrogen-bond donors (Lipinski definition) is 0. The Labute approximate surface area is 118 Å². The molecule has 0 saturated carbocycles. The fraction of sp³-hybridized carbons (Fsp3) is 1.00. The van der Waals surface area contributed by atoms with E-state index < -0.39 is 46.1 Å². The molecule has 0 spiro atoms. The molecular formula is C7H4F10INO. The maximum Gasteiger partial charge on any atom is 0.439 e. The summed E-state index contributed by atoms with van der Waals surface area (Å²) in [6, 6.07) is -18.0. The molecule has 120 valence electrons. The molecule has 2 nitrogen and oxygen atoms in total. The van der Waals surface area contributed by atoms with Crippen LogP contribution in [0.4, 0.5) is 43.9 Å². The quantitative estimate of drug-likeness (QED) is 0.287. The average Bonchev–Trinajstić information content (AvgIpc) is 2.11. The van der Waals surface area contributed by atoms with Crippen LogP contribution in [0.5, 0.6) is 0 Å². The van der Waals surface area contributed by atoms with E-state index in [1.165, 1.54) is 0 Å². The van der Waals surface area contributed by atoms with Crippen LogP contribution in [0.15, 0.2) is 0 Å². The van der Waals surface area contributed by atoms with E-state index in [0.29, 0.717) is 0 Å². The first-order valence-electron chi connectivity index (χ1n) is 4.59. The van der Waals surface area contributed by atoms with Crippen molar-refractivity contribution in [3.63, 3.8) is 0 Å². The number of nitrogens with zero attached hydrogens (tertiary/aromatic N) is 1. The molecule has 1 saturated heterocycles. The molecule has 0 N–H and O–H groups in total. The van der Waals surface area contributed by atoms with Gasteiger partial charge in [-0.05, 0) is 0 Å². The first-order chi connectivity index (χ1) is 8.63. The maximum atomic E-state index is 13.2. The number of ether oxygens (including phenoxy) is 1. The normalized spacial score (nSPS) is 28.4. The minimum atomic E-state index is -6.34. The van der Waals surface area contributed by atoms with Crippen LogP contribution < -0.4 is 0 Å². The third kappa shape index (κ3) is 2.44. The largest absolute Gasteiger partial charge is 0.439 e. The second-order valence-corrected chi connectivity index (χ2v) is 4.74. The van der Waals surface area contributed by atoms with Gasteiger partial charge in [0.05, 0.1) is 0 Å². The molecule has 0 aromatic heterocycles. The molecule has 0 aliphatic carbocycles. The molecule has 1 rings (SSSR count). The van der Waals surface area contributed by atoms with E-state index in [-0.39, 0.29) is 0 Å². The number of halogens is 11. The van der Waals surface area contributed by atoms with Gasteiger partial charge in [-0.1, -0.05) is 22.6 Å². The fourth-order valence-electron chi connectivity index (χ4n) is 1.36. The van der Waals surface area contributed by atoms with Crippen molar-refractivity contribution in [1.82, 2.24) is 4.90 Å². The molecule has 20 heavy (non-hydrogen) atoms. The summed E-state index contributed by atoms with van der Waals surface area (Å²) in [7, 11) is 0. The van der Waals surface area contributed by atoms with E-state index in [2.05, 4.69) is 4.74 Å². The lowest BCUT2D eigenvalue weighted by Gasteiger charge is -2.49. The van der Waals surface area contributed by atoms with Crippen LogP contribution in [0.25, 0.3) is 0 Å². The molecule has 1 aliphatic rings. The van der Waals surface area contributed by atoms with Gasteiger partial charge in [0.25, 0.3) is 0 Å². The smallest absolute Gasteiger partial charge is 0.243 e. The SMILES string of the molecule is FC(F)(CCI)N1C(F)(F)C(F)(F)OC(F)(F)C1(F)F. The Balaban J connectivity index is 3.47. The summed E-state index contributed by atoms with van der Waals surface area (Å²) in [5.74, 6) is 0. The number of rotatable bonds is 3. The topological polar surface area (TPSA) is 12.5 Å². The van der Waals surface area contributed by atoms with E-state index in [1.54, 1.807) is 0 Å². The highest BCUT2D eigenvalue weighted by molar-refractivity contribution is 14.1. The second-order valence-electron chi connectivity index (χ2n) is 3.66. The zero-order valence-electron chi connectivity index (χ0n) is 8.93. The van der Waals surface area contributed by atoms with Crippen molar-refractivity contribution in [3.8, 4) is 0 Å². The van der Waals surface area contributed by atoms with Crippen LogP contribution in [-0.4, -0.2) is 39.7 Å². The zero-order chi connectivity index (χ0) is 16.2. The second kappa shape index (κ2) is 4.72. The van der Waals surface area contributed by atoms with Crippen molar-refractivity contribution in [1.29, 1.82) is 0 Å². The molecule has 0 radical (unpaired) electrons. The molecule has 1 heterocycles. The van der Waals surface area contributed by atoms with Gasteiger partial charge in [-0.25, -0.2) is 4.74 Å². The average molecular weight is 435 g/mol. The first-order valence-corrected chi connectivity index (χ1v) is 6.12. The van der Waals surface area contributed by atoms with E-state index in [0.717, 1.165) is 22.6 Å². The van der Waals surface area contributed by atoms with Crippen molar-refractivity contribution in [2.24, 2.45) is 0 Å². The molecule has 1 fully saturated rings. The molecular weight excluding hydrogens is 431 g/mol. The Morgan fingerprint density at radius 1 is 0.850 bits per heavy atom. The van der Waals surface area contributed by atoms with Crippen molar-refractivity contribution >= 4 is 22.6 Å². The predicted octanol–water partition coefficient (Wildman–Crippen LogP) is 4.11. The lowest BCUT2D eigenvalue weighted by atomic mass is 10.2. The maximum absolute atomic E-state index is 13.2. The summed E-state index contributed by atoms with van der Waals surface area (Å²) in [6.45, 7) is 0. The van der Waals surface area contributed by atoms with Crippen molar-refractivity contribution in [3.05, 3.63) is 0 Å². The van der Waals surface area contributed by atoms with Crippen molar-refractivity contribution in [2.75, 3.05) is 4.43 Å². The molecule has 1 aliphatic heterocycles. The van der Waals surface area contributed by atoms with Crippen LogP contribution >= 0.6 is 22.6 Å². The van der Waals surface area contributed by atoms with Gasteiger partial charge in [-0.3, -0.25) is 0 Å². The van der Waals surface area contributed by atoms with E-state index in [1.807, 2.05) is 0 Å². The van der Waals surface area contributed by atoms with Gasteiger partial charge < -0.3 is 0 Å². The fourth-order valence-corrected chi connectivity index (χ4v) is 2.01. The van der Waals surface area contributed by atoms with E-state index in [9.17, 15) is 43.9 Å². The highest BCUT2D eigenvalue weighted by Gasteiger charge is 2.86. The van der Waals surface area contributed by atoms with Gasteiger partial charge in [0, 0.05) is 10.8 Å². The summed E-state index contributed by atoms with van der Waals surface area (Å²) in [6.07, 6.45) is -14.2. The number of hydrogen-bond acceptors (Lipinski definition) is 2. The molecule has 0 amide bonds. The highest BCUT2D eigenvalue weighted by Crippen LogP contribution is 2.59. The van der Waals surface area contributed by atoms with Crippen LogP contribution in [0.2, 0.25) is 0 Å². The Kier molecular flexibility index (Phi) is 4.25. The van der Waals surface area contributed by atoms with Crippen LogP contribution in [0.1, 0.15) is 6.42 Å². The summed E-state index contributed by atoms with van der Waals surface area (Å²) in [5, 5.41) is 0. The third-order valence-electron chi connectivity index (χ3n) is 2.24. The van der Waals surface area contributed by atoms with Crippen LogP contribution in [0.3, 0.4) is 0 Å². The van der Waals surface area contributed by atoms with Crippen molar-refractivity contribution in [2.45, 2.75) is 36.8 Å². The summed E-state index contributed by atoms with van der Waals surface area (Å²) >= 11 is 1.15. The Hall–Kier alpha value is -0.0500. The molecule has 0 aromatic rings.